The fraction of sp³-hybridized carbons (Fsp3) is 0.448. The molecule has 2 fully saturated rings. The van der Waals surface area contributed by atoms with Gasteiger partial charge in [-0.25, -0.2) is 8.42 Å². The summed E-state index contributed by atoms with van der Waals surface area (Å²) in [4.78, 5) is 30.1. The van der Waals surface area contributed by atoms with Gasteiger partial charge >= 0.3 is 0 Å². The van der Waals surface area contributed by atoms with Crippen molar-refractivity contribution in [2.45, 2.75) is 43.5 Å². The van der Waals surface area contributed by atoms with E-state index in [9.17, 15) is 23.1 Å². The van der Waals surface area contributed by atoms with Gasteiger partial charge < -0.3 is 19.6 Å². The van der Waals surface area contributed by atoms with Crippen LogP contribution in [0.2, 0.25) is 0 Å². The van der Waals surface area contributed by atoms with Crippen LogP contribution in [0.5, 0.6) is 5.75 Å². The molecule has 0 radical (unpaired) electrons. The number of carbonyl (C=O) groups excluding carboxylic acids is 2. The molecule has 0 aliphatic carbocycles. The number of piperidine rings is 1. The Morgan fingerprint density at radius 3 is 2.38 bits per heavy atom. The number of Topliss-reactive ketones (excluding diaryl/α,β-unsaturated/α-hetero) is 1. The average Bonchev–Trinajstić information content (AvgIpc) is 3.18. The Kier molecular flexibility index (Phi) is 9.09. The number of benzene rings is 2. The van der Waals surface area contributed by atoms with Crippen LogP contribution < -0.4 is 4.74 Å². The van der Waals surface area contributed by atoms with E-state index in [1.54, 1.807) is 36.4 Å². The molecule has 2 aromatic rings. The summed E-state index contributed by atoms with van der Waals surface area (Å²) in [6.45, 7) is 4.32. The molecule has 2 heterocycles. The molecule has 210 valence electrons. The van der Waals surface area contributed by atoms with Gasteiger partial charge in [-0.05, 0) is 76.7 Å². The minimum atomic E-state index is -3.75. The van der Waals surface area contributed by atoms with Crippen molar-refractivity contribution in [3.05, 3.63) is 65.2 Å². The zero-order valence-corrected chi connectivity index (χ0v) is 23.6. The molecular weight excluding hydrogens is 518 g/mol. The van der Waals surface area contributed by atoms with Crippen LogP contribution in [0.4, 0.5) is 0 Å². The number of likely N-dealkylation sites (tertiary alicyclic amines) is 1. The highest BCUT2D eigenvalue weighted by atomic mass is 32.2. The van der Waals surface area contributed by atoms with Crippen molar-refractivity contribution in [3.63, 3.8) is 0 Å². The molecule has 10 heteroatoms. The quantitative estimate of drug-likeness (QED) is 0.271. The Morgan fingerprint density at radius 1 is 1.05 bits per heavy atom. The maximum atomic E-state index is 13.3. The number of sulfonamides is 1. The van der Waals surface area contributed by atoms with Gasteiger partial charge in [0.1, 0.15) is 11.5 Å². The third-order valence-corrected chi connectivity index (χ3v) is 9.01. The van der Waals surface area contributed by atoms with E-state index in [2.05, 4.69) is 0 Å². The van der Waals surface area contributed by atoms with E-state index in [1.807, 2.05) is 25.9 Å². The van der Waals surface area contributed by atoms with Gasteiger partial charge in [-0.1, -0.05) is 30.7 Å². The topological polar surface area (TPSA) is 107 Å². The van der Waals surface area contributed by atoms with Crippen LogP contribution >= 0.6 is 0 Å². The van der Waals surface area contributed by atoms with Gasteiger partial charge in [0.25, 0.3) is 11.7 Å². The van der Waals surface area contributed by atoms with Crippen LogP contribution in [-0.2, 0) is 19.6 Å². The second-order valence-electron chi connectivity index (χ2n) is 10.1. The highest BCUT2D eigenvalue weighted by Gasteiger charge is 2.46. The lowest BCUT2D eigenvalue weighted by molar-refractivity contribution is -0.139. The summed E-state index contributed by atoms with van der Waals surface area (Å²) < 4.78 is 33.6. The summed E-state index contributed by atoms with van der Waals surface area (Å²) in [5, 5.41) is 11.4. The Hall–Kier alpha value is -3.21. The number of aliphatic hydroxyl groups is 1. The normalized spacial score (nSPS) is 20.1. The summed E-state index contributed by atoms with van der Waals surface area (Å²) in [5.74, 6) is -1.22. The lowest BCUT2D eigenvalue weighted by Gasteiger charge is -2.26. The summed E-state index contributed by atoms with van der Waals surface area (Å²) in [7, 11) is 0.113. The molecule has 39 heavy (non-hydrogen) atoms. The van der Waals surface area contributed by atoms with E-state index in [0.717, 1.165) is 25.8 Å². The predicted molar refractivity (Wildman–Crippen MR) is 149 cm³/mol. The van der Waals surface area contributed by atoms with Crippen molar-refractivity contribution in [1.82, 2.24) is 14.1 Å². The molecular formula is C29H37N3O6S. The van der Waals surface area contributed by atoms with Crippen molar-refractivity contribution in [2.24, 2.45) is 0 Å². The first-order valence-electron chi connectivity index (χ1n) is 13.4. The number of rotatable bonds is 10. The van der Waals surface area contributed by atoms with Crippen LogP contribution in [0.15, 0.2) is 59.0 Å². The van der Waals surface area contributed by atoms with E-state index < -0.39 is 33.5 Å². The molecule has 0 spiro atoms. The van der Waals surface area contributed by atoms with E-state index >= 15 is 0 Å². The van der Waals surface area contributed by atoms with Gasteiger partial charge in [0.05, 0.1) is 23.1 Å². The SMILES string of the molecule is CCOc1ccc(C2C(=C(O)c3cccc(S(=O)(=O)N4CCCCC4)c3)C(=O)C(=O)N2CCCN(C)C)cc1. The van der Waals surface area contributed by atoms with Crippen molar-refractivity contribution < 1.29 is 27.9 Å². The third kappa shape index (κ3) is 6.18. The van der Waals surface area contributed by atoms with E-state index in [0.29, 0.717) is 44.0 Å². The van der Waals surface area contributed by atoms with Gasteiger partial charge in [0.2, 0.25) is 10.0 Å². The van der Waals surface area contributed by atoms with Gasteiger partial charge in [-0.2, -0.15) is 4.31 Å². The molecule has 0 aromatic heterocycles. The van der Waals surface area contributed by atoms with E-state index in [4.69, 9.17) is 4.74 Å². The van der Waals surface area contributed by atoms with Crippen LogP contribution in [0, 0.1) is 0 Å². The van der Waals surface area contributed by atoms with Gasteiger partial charge in [-0.3, -0.25) is 9.59 Å². The summed E-state index contributed by atoms with van der Waals surface area (Å²) in [5.41, 5.74) is 0.776. The number of hydrogen-bond donors (Lipinski definition) is 1. The van der Waals surface area contributed by atoms with Crippen molar-refractivity contribution in [3.8, 4) is 5.75 Å². The van der Waals surface area contributed by atoms with Crippen LogP contribution in [0.25, 0.3) is 5.76 Å². The van der Waals surface area contributed by atoms with Gasteiger partial charge in [0, 0.05) is 25.2 Å². The number of carbonyl (C=O) groups is 2. The minimum absolute atomic E-state index is 0.0475. The number of nitrogens with zero attached hydrogens (tertiary/aromatic N) is 3. The molecule has 1 atom stereocenters. The molecule has 0 bridgehead atoms. The average molecular weight is 556 g/mol. The number of ketones is 1. The van der Waals surface area contributed by atoms with Gasteiger partial charge in [-0.15, -0.1) is 0 Å². The number of aliphatic hydroxyl groups excluding tert-OH is 1. The van der Waals surface area contributed by atoms with Crippen LogP contribution in [-0.4, -0.2) is 86.2 Å². The first-order chi connectivity index (χ1) is 18.6. The standard InChI is InChI=1S/C29H37N3O6S/c1-4-38-23-14-12-21(13-15-23)26-25(28(34)29(35)32(26)19-9-16-30(2)3)27(33)22-10-8-11-24(20-22)39(36,37)31-17-6-5-7-18-31/h8,10-15,20,26,33H,4-7,9,16-19H2,1-3H3. The Balaban J connectivity index is 1.76. The fourth-order valence-electron chi connectivity index (χ4n) is 5.14. The Labute approximate surface area is 230 Å². The summed E-state index contributed by atoms with van der Waals surface area (Å²) in [6.07, 6.45) is 3.24. The molecule has 0 saturated carbocycles. The molecule has 2 aliphatic heterocycles. The van der Waals surface area contributed by atoms with Crippen molar-refractivity contribution >= 4 is 27.5 Å². The Bertz CT molecular complexity index is 1330. The highest BCUT2D eigenvalue weighted by molar-refractivity contribution is 7.89. The number of ether oxygens (including phenoxy) is 1. The third-order valence-electron chi connectivity index (χ3n) is 7.11. The highest BCUT2D eigenvalue weighted by Crippen LogP contribution is 2.40. The second-order valence-corrected chi connectivity index (χ2v) is 12.1. The fourth-order valence-corrected chi connectivity index (χ4v) is 6.70. The van der Waals surface area contributed by atoms with Gasteiger partial charge in [0.15, 0.2) is 0 Å². The number of amides is 1. The van der Waals surface area contributed by atoms with Crippen molar-refractivity contribution in [2.75, 3.05) is 46.9 Å². The molecule has 1 N–H and O–H groups in total. The lowest BCUT2D eigenvalue weighted by Crippen LogP contribution is -2.35. The van der Waals surface area contributed by atoms with E-state index in [1.165, 1.54) is 21.3 Å². The first kappa shape index (κ1) is 28.8. The monoisotopic (exact) mass is 555 g/mol. The summed E-state index contributed by atoms with van der Waals surface area (Å²) >= 11 is 0. The van der Waals surface area contributed by atoms with Crippen molar-refractivity contribution in [1.29, 1.82) is 0 Å². The van der Waals surface area contributed by atoms with E-state index in [-0.39, 0.29) is 16.0 Å². The maximum Gasteiger partial charge on any atom is 0.295 e. The number of hydrogen-bond acceptors (Lipinski definition) is 7. The van der Waals surface area contributed by atoms with Crippen LogP contribution in [0.1, 0.15) is 49.8 Å². The smallest absolute Gasteiger partial charge is 0.295 e. The largest absolute Gasteiger partial charge is 0.507 e. The molecule has 2 aliphatic rings. The predicted octanol–water partition coefficient (Wildman–Crippen LogP) is 3.63. The zero-order chi connectivity index (χ0) is 28.2. The molecule has 4 rings (SSSR count). The molecule has 9 nitrogen and oxygen atoms in total. The molecule has 2 saturated heterocycles. The van der Waals surface area contributed by atoms with Crippen LogP contribution in [0.3, 0.4) is 0 Å². The summed E-state index contributed by atoms with van der Waals surface area (Å²) in [6, 6.07) is 12.3. The second kappa shape index (κ2) is 12.3. The molecule has 2 aromatic carbocycles. The molecule has 1 amide bonds. The maximum absolute atomic E-state index is 13.3. The zero-order valence-electron chi connectivity index (χ0n) is 22.8. The Morgan fingerprint density at radius 2 is 1.74 bits per heavy atom. The minimum Gasteiger partial charge on any atom is -0.507 e. The molecule has 1 unspecified atom stereocenters. The first-order valence-corrected chi connectivity index (χ1v) is 14.9. The lowest BCUT2D eigenvalue weighted by atomic mass is 9.95.